The number of nitrogens with one attached hydrogen (secondary N) is 2. The minimum atomic E-state index is -0.509. The largest absolute Gasteiger partial charge is 0.323 e. The first kappa shape index (κ1) is 16.7. The molecule has 0 saturated carbocycles. The summed E-state index contributed by atoms with van der Waals surface area (Å²) < 4.78 is 1.58. The highest BCUT2D eigenvalue weighted by atomic mass is 35.5. The smallest absolute Gasteiger partial charge is 0.250 e. The number of halogens is 1. The maximum Gasteiger partial charge on any atom is 0.250 e. The molecule has 1 atom stereocenters. The van der Waals surface area contributed by atoms with Crippen LogP contribution in [0.1, 0.15) is 33.1 Å². The number of carbonyl (C=O) groups is 1. The molecule has 6 heteroatoms. The van der Waals surface area contributed by atoms with E-state index in [0.29, 0.717) is 12.2 Å². The van der Waals surface area contributed by atoms with Gasteiger partial charge in [0.15, 0.2) is 0 Å². The predicted octanol–water partition coefficient (Wildman–Crippen LogP) is 1.76. The molecule has 0 bridgehead atoms. The molecule has 0 aliphatic carbocycles. The number of nitrogens with zero attached hydrogens (tertiary/aromatic N) is 1. The van der Waals surface area contributed by atoms with E-state index in [1.165, 1.54) is 6.07 Å². The third-order valence-electron chi connectivity index (χ3n) is 3.70. The minimum absolute atomic E-state index is 0. The van der Waals surface area contributed by atoms with Crippen molar-refractivity contribution in [3.63, 3.8) is 0 Å². The van der Waals surface area contributed by atoms with Crippen LogP contribution in [0.2, 0.25) is 0 Å². The zero-order chi connectivity index (χ0) is 13.9. The van der Waals surface area contributed by atoms with Crippen molar-refractivity contribution >= 4 is 24.0 Å². The lowest BCUT2D eigenvalue weighted by Gasteiger charge is -2.33. The number of amides is 1. The van der Waals surface area contributed by atoms with Gasteiger partial charge in [-0.2, -0.15) is 0 Å². The molecule has 0 radical (unpaired) electrons. The molecule has 2 N–H and O–H groups in total. The van der Waals surface area contributed by atoms with Gasteiger partial charge in [0.1, 0.15) is 0 Å². The summed E-state index contributed by atoms with van der Waals surface area (Å²) in [6, 6.07) is 3.13. The molecule has 0 aromatic carbocycles. The summed E-state index contributed by atoms with van der Waals surface area (Å²) in [5.41, 5.74) is 0.105. The first-order valence-electron chi connectivity index (χ1n) is 6.82. The van der Waals surface area contributed by atoms with Crippen LogP contribution >= 0.6 is 12.4 Å². The van der Waals surface area contributed by atoms with Crippen molar-refractivity contribution in [3.8, 4) is 0 Å². The number of piperidine rings is 1. The molecule has 1 unspecified atom stereocenters. The van der Waals surface area contributed by atoms with Crippen LogP contribution in [0.3, 0.4) is 0 Å². The summed E-state index contributed by atoms with van der Waals surface area (Å²) in [6.07, 6.45) is 4.70. The second-order valence-corrected chi connectivity index (χ2v) is 5.21. The first-order chi connectivity index (χ1) is 9.05. The van der Waals surface area contributed by atoms with Crippen LogP contribution in [0, 0.1) is 0 Å². The molecule has 5 nitrogen and oxygen atoms in total. The molecule has 2 rings (SSSR count). The second kappa shape index (κ2) is 6.90. The Bertz CT molecular complexity index is 521. The Kier molecular flexibility index (Phi) is 5.77. The van der Waals surface area contributed by atoms with Crippen molar-refractivity contribution in [2.75, 3.05) is 11.9 Å². The van der Waals surface area contributed by atoms with E-state index in [0.717, 1.165) is 25.8 Å². The van der Waals surface area contributed by atoms with Crippen molar-refractivity contribution < 1.29 is 4.79 Å². The number of aryl methyl sites for hydroxylation is 1. The van der Waals surface area contributed by atoms with Crippen LogP contribution in [-0.4, -0.2) is 22.6 Å². The van der Waals surface area contributed by atoms with Crippen molar-refractivity contribution in [1.29, 1.82) is 0 Å². The van der Waals surface area contributed by atoms with Gasteiger partial charge in [-0.05, 0) is 45.7 Å². The summed E-state index contributed by atoms with van der Waals surface area (Å²) in [7, 11) is 0. The number of pyridine rings is 1. The molecule has 1 fully saturated rings. The monoisotopic (exact) mass is 299 g/mol. The molecular formula is C14H22ClN3O2. The summed E-state index contributed by atoms with van der Waals surface area (Å²) in [6.45, 7) is 5.30. The number of carbonyl (C=O) groups excluding carboxylic acids is 1. The van der Waals surface area contributed by atoms with Gasteiger partial charge >= 0.3 is 0 Å². The Labute approximate surface area is 125 Å². The molecule has 1 aliphatic heterocycles. The first-order valence-corrected chi connectivity index (χ1v) is 6.82. The lowest BCUT2D eigenvalue weighted by molar-refractivity contribution is -0.122. The van der Waals surface area contributed by atoms with Crippen LogP contribution in [0.4, 0.5) is 5.69 Å². The van der Waals surface area contributed by atoms with Crippen LogP contribution in [0.25, 0.3) is 0 Å². The van der Waals surface area contributed by atoms with Crippen LogP contribution < -0.4 is 16.2 Å². The summed E-state index contributed by atoms with van der Waals surface area (Å²) in [5.74, 6) is -0.0338. The molecule has 0 spiro atoms. The summed E-state index contributed by atoms with van der Waals surface area (Å²) >= 11 is 0. The molecule has 1 aromatic heterocycles. The molecule has 20 heavy (non-hydrogen) atoms. The predicted molar refractivity (Wildman–Crippen MR) is 82.5 cm³/mol. The average molecular weight is 300 g/mol. The van der Waals surface area contributed by atoms with E-state index in [1.807, 2.05) is 13.8 Å². The number of hydrogen-bond acceptors (Lipinski definition) is 3. The molecule has 2 heterocycles. The topological polar surface area (TPSA) is 63.1 Å². The standard InChI is InChI=1S/C14H21N3O2.ClH/c1-3-17-10-11(6-7-12(17)18)16-13(19)14(2)8-4-5-9-15-14;/h6-7,10,15H,3-5,8-9H2,1-2H3,(H,16,19);1H. The lowest BCUT2D eigenvalue weighted by atomic mass is 9.90. The molecule has 1 saturated heterocycles. The van der Waals surface area contributed by atoms with E-state index in [-0.39, 0.29) is 23.9 Å². The molecule has 1 aliphatic rings. The van der Waals surface area contributed by atoms with Crippen molar-refractivity contribution in [1.82, 2.24) is 9.88 Å². The van der Waals surface area contributed by atoms with Crippen LogP contribution in [-0.2, 0) is 11.3 Å². The Balaban J connectivity index is 0.00000200. The van der Waals surface area contributed by atoms with Gasteiger partial charge in [-0.25, -0.2) is 0 Å². The normalized spacial score (nSPS) is 21.9. The number of anilines is 1. The van der Waals surface area contributed by atoms with Gasteiger partial charge in [0, 0.05) is 18.8 Å². The van der Waals surface area contributed by atoms with E-state index in [9.17, 15) is 9.59 Å². The number of rotatable bonds is 3. The third-order valence-corrected chi connectivity index (χ3v) is 3.70. The van der Waals surface area contributed by atoms with Gasteiger partial charge in [-0.1, -0.05) is 0 Å². The average Bonchev–Trinajstić information content (AvgIpc) is 2.41. The Morgan fingerprint density at radius 3 is 2.80 bits per heavy atom. The Hall–Kier alpha value is -1.33. The second-order valence-electron chi connectivity index (χ2n) is 5.21. The fourth-order valence-corrected chi connectivity index (χ4v) is 2.37. The quantitative estimate of drug-likeness (QED) is 0.894. The van der Waals surface area contributed by atoms with E-state index in [2.05, 4.69) is 10.6 Å². The maximum absolute atomic E-state index is 12.3. The van der Waals surface area contributed by atoms with Crippen molar-refractivity contribution in [2.45, 2.75) is 45.2 Å². The Morgan fingerprint density at radius 2 is 2.20 bits per heavy atom. The minimum Gasteiger partial charge on any atom is -0.323 e. The van der Waals surface area contributed by atoms with Gasteiger partial charge in [0.05, 0.1) is 11.2 Å². The third kappa shape index (κ3) is 3.61. The molecular weight excluding hydrogens is 278 g/mol. The Morgan fingerprint density at radius 1 is 1.45 bits per heavy atom. The van der Waals surface area contributed by atoms with Crippen LogP contribution in [0.15, 0.2) is 23.1 Å². The highest BCUT2D eigenvalue weighted by molar-refractivity contribution is 5.97. The van der Waals surface area contributed by atoms with Gasteiger partial charge < -0.3 is 15.2 Å². The SMILES string of the molecule is CCn1cc(NC(=O)C2(C)CCCCN2)ccc1=O.Cl. The summed E-state index contributed by atoms with van der Waals surface area (Å²) in [4.78, 5) is 23.8. The van der Waals surface area contributed by atoms with Gasteiger partial charge in [-0.15, -0.1) is 12.4 Å². The lowest BCUT2D eigenvalue weighted by Crippen LogP contribution is -2.54. The van der Waals surface area contributed by atoms with Crippen molar-refractivity contribution in [3.05, 3.63) is 28.7 Å². The summed E-state index contributed by atoms with van der Waals surface area (Å²) in [5, 5.41) is 6.17. The fraction of sp³-hybridized carbons (Fsp3) is 0.571. The fourth-order valence-electron chi connectivity index (χ4n) is 2.37. The molecule has 112 valence electrons. The van der Waals surface area contributed by atoms with E-state index in [4.69, 9.17) is 0 Å². The van der Waals surface area contributed by atoms with E-state index < -0.39 is 5.54 Å². The van der Waals surface area contributed by atoms with Gasteiger partial charge in [-0.3, -0.25) is 9.59 Å². The maximum atomic E-state index is 12.3. The van der Waals surface area contributed by atoms with E-state index in [1.54, 1.807) is 16.8 Å². The zero-order valence-corrected chi connectivity index (χ0v) is 12.8. The highest BCUT2D eigenvalue weighted by Crippen LogP contribution is 2.20. The number of aromatic nitrogens is 1. The number of hydrogen-bond donors (Lipinski definition) is 2. The van der Waals surface area contributed by atoms with Crippen molar-refractivity contribution in [2.24, 2.45) is 0 Å². The molecule has 1 aromatic rings. The highest BCUT2D eigenvalue weighted by Gasteiger charge is 2.34. The zero-order valence-electron chi connectivity index (χ0n) is 11.9. The molecule has 1 amide bonds. The van der Waals surface area contributed by atoms with Gasteiger partial charge in [0.25, 0.3) is 5.56 Å². The van der Waals surface area contributed by atoms with Crippen LogP contribution in [0.5, 0.6) is 0 Å². The van der Waals surface area contributed by atoms with Gasteiger partial charge in [0.2, 0.25) is 5.91 Å². The van der Waals surface area contributed by atoms with E-state index >= 15 is 0 Å².